The van der Waals surface area contributed by atoms with Crippen LogP contribution in [0, 0.1) is 0 Å². The number of carbonyl (C=O) groups excluding carboxylic acids is 2. The maximum atomic E-state index is 12.4. The van der Waals surface area contributed by atoms with E-state index >= 15 is 0 Å². The summed E-state index contributed by atoms with van der Waals surface area (Å²) in [6, 6.07) is 14.3. The fraction of sp³-hybridized carbons (Fsp3) is 0.263. The van der Waals surface area contributed by atoms with Crippen molar-refractivity contribution in [1.82, 2.24) is 4.90 Å². The summed E-state index contributed by atoms with van der Waals surface area (Å²) in [4.78, 5) is 27.9. The highest BCUT2D eigenvalue weighted by atomic mass is 35.5. The molecular weight excluding hydrogens is 354 g/mol. The molecule has 0 aromatic heterocycles. The number of esters is 1. The first-order chi connectivity index (χ1) is 12.6. The van der Waals surface area contributed by atoms with Crippen LogP contribution in [0.3, 0.4) is 0 Å². The zero-order valence-corrected chi connectivity index (χ0v) is 15.2. The van der Waals surface area contributed by atoms with Gasteiger partial charge >= 0.3 is 12.0 Å². The number of anilines is 2. The molecule has 0 atom stereocenters. The van der Waals surface area contributed by atoms with E-state index in [1.54, 1.807) is 23.1 Å². The van der Waals surface area contributed by atoms with E-state index < -0.39 is 5.97 Å². The Bertz CT molecular complexity index is 790. The molecule has 0 radical (unpaired) electrons. The molecule has 0 spiro atoms. The predicted molar refractivity (Wildman–Crippen MR) is 102 cm³/mol. The summed E-state index contributed by atoms with van der Waals surface area (Å²) in [6.07, 6.45) is 0. The van der Waals surface area contributed by atoms with Gasteiger partial charge in [0.25, 0.3) is 0 Å². The van der Waals surface area contributed by atoms with E-state index in [-0.39, 0.29) is 6.03 Å². The average molecular weight is 374 g/mol. The van der Waals surface area contributed by atoms with E-state index in [9.17, 15) is 9.59 Å². The van der Waals surface area contributed by atoms with Crippen molar-refractivity contribution in [2.45, 2.75) is 0 Å². The second-order valence-electron chi connectivity index (χ2n) is 5.93. The Balaban J connectivity index is 1.63. The van der Waals surface area contributed by atoms with Crippen LogP contribution >= 0.6 is 11.6 Å². The van der Waals surface area contributed by atoms with Crippen LogP contribution < -0.4 is 10.2 Å². The first-order valence-electron chi connectivity index (χ1n) is 8.32. The molecule has 1 aliphatic heterocycles. The number of carbonyl (C=O) groups is 2. The lowest BCUT2D eigenvalue weighted by Crippen LogP contribution is -2.50. The van der Waals surface area contributed by atoms with Gasteiger partial charge in [0, 0.05) is 31.9 Å². The summed E-state index contributed by atoms with van der Waals surface area (Å²) in [7, 11) is 1.35. The summed E-state index contributed by atoms with van der Waals surface area (Å²) in [5.74, 6) is -0.399. The molecule has 0 saturated carbocycles. The van der Waals surface area contributed by atoms with Crippen molar-refractivity contribution in [2.75, 3.05) is 43.5 Å². The number of para-hydroxylation sites is 1. The molecule has 1 fully saturated rings. The van der Waals surface area contributed by atoms with Crippen molar-refractivity contribution >= 4 is 35.0 Å². The van der Waals surface area contributed by atoms with Gasteiger partial charge in [-0.05, 0) is 30.3 Å². The third-order valence-corrected chi connectivity index (χ3v) is 4.62. The number of nitrogens with one attached hydrogen (secondary N) is 1. The summed E-state index contributed by atoms with van der Waals surface area (Å²) in [6.45, 7) is 2.40. The number of piperazine rings is 1. The Morgan fingerprint density at radius 2 is 1.73 bits per heavy atom. The van der Waals surface area contributed by atoms with Gasteiger partial charge in [0.1, 0.15) is 0 Å². The number of rotatable bonds is 3. The number of hydrogen-bond acceptors (Lipinski definition) is 4. The molecule has 2 aromatic carbocycles. The van der Waals surface area contributed by atoms with Crippen LogP contribution in [-0.4, -0.2) is 50.2 Å². The minimum Gasteiger partial charge on any atom is -0.465 e. The molecular formula is C19H20ClN3O3. The van der Waals surface area contributed by atoms with Crippen LogP contribution in [-0.2, 0) is 4.74 Å². The van der Waals surface area contributed by atoms with E-state index in [0.29, 0.717) is 36.8 Å². The van der Waals surface area contributed by atoms with Crippen molar-refractivity contribution in [1.29, 1.82) is 0 Å². The zero-order valence-electron chi connectivity index (χ0n) is 14.4. The molecule has 2 aromatic rings. The third kappa shape index (κ3) is 4.08. The van der Waals surface area contributed by atoms with Crippen molar-refractivity contribution in [3.8, 4) is 0 Å². The van der Waals surface area contributed by atoms with Gasteiger partial charge in [0.05, 0.1) is 23.4 Å². The minimum absolute atomic E-state index is 0.120. The van der Waals surface area contributed by atoms with Gasteiger partial charge in [-0.3, -0.25) is 0 Å². The minimum atomic E-state index is -0.399. The smallest absolute Gasteiger partial charge is 0.337 e. The van der Waals surface area contributed by atoms with Crippen LogP contribution in [0.2, 0.25) is 5.02 Å². The van der Waals surface area contributed by atoms with E-state index in [0.717, 1.165) is 11.4 Å². The quantitative estimate of drug-likeness (QED) is 0.837. The first kappa shape index (κ1) is 18.1. The molecule has 0 aliphatic carbocycles. The van der Waals surface area contributed by atoms with Gasteiger partial charge in [-0.1, -0.05) is 29.8 Å². The zero-order chi connectivity index (χ0) is 18.5. The Labute approximate surface area is 157 Å². The van der Waals surface area contributed by atoms with Crippen LogP contribution in [0.5, 0.6) is 0 Å². The van der Waals surface area contributed by atoms with E-state index in [4.69, 9.17) is 16.3 Å². The number of halogens is 1. The largest absolute Gasteiger partial charge is 0.465 e. The fourth-order valence-corrected chi connectivity index (χ4v) is 3.11. The number of benzene rings is 2. The molecule has 3 rings (SSSR count). The monoisotopic (exact) mass is 373 g/mol. The average Bonchev–Trinajstić information content (AvgIpc) is 2.68. The Kier molecular flexibility index (Phi) is 5.63. The van der Waals surface area contributed by atoms with Crippen LogP contribution in [0.4, 0.5) is 16.2 Å². The molecule has 136 valence electrons. The van der Waals surface area contributed by atoms with Gasteiger partial charge in [-0.15, -0.1) is 0 Å². The number of hydrogen-bond donors (Lipinski definition) is 1. The summed E-state index contributed by atoms with van der Waals surface area (Å²) >= 11 is 6.30. The van der Waals surface area contributed by atoms with Gasteiger partial charge in [0.2, 0.25) is 0 Å². The summed E-state index contributed by atoms with van der Waals surface area (Å²) in [5, 5.41) is 3.46. The van der Waals surface area contributed by atoms with Crippen LogP contribution in [0.15, 0.2) is 48.5 Å². The lowest BCUT2D eigenvalue weighted by Gasteiger charge is -2.36. The van der Waals surface area contributed by atoms with Gasteiger partial charge < -0.3 is 19.9 Å². The van der Waals surface area contributed by atoms with Gasteiger partial charge in [0.15, 0.2) is 0 Å². The molecule has 0 bridgehead atoms. The lowest BCUT2D eigenvalue weighted by atomic mass is 10.1. The topological polar surface area (TPSA) is 61.9 Å². The third-order valence-electron chi connectivity index (χ3n) is 4.30. The van der Waals surface area contributed by atoms with Gasteiger partial charge in [-0.25, -0.2) is 9.59 Å². The highest BCUT2D eigenvalue weighted by Crippen LogP contribution is 2.28. The molecule has 6 nitrogen and oxygen atoms in total. The predicted octanol–water partition coefficient (Wildman–Crippen LogP) is 3.48. The number of ether oxygens (including phenoxy) is 1. The molecule has 26 heavy (non-hydrogen) atoms. The normalized spacial score (nSPS) is 14.1. The molecule has 2 amide bonds. The Morgan fingerprint density at radius 3 is 2.38 bits per heavy atom. The molecule has 1 aliphatic rings. The van der Waals surface area contributed by atoms with Gasteiger partial charge in [-0.2, -0.15) is 0 Å². The van der Waals surface area contributed by atoms with Crippen molar-refractivity contribution in [3.63, 3.8) is 0 Å². The lowest BCUT2D eigenvalue weighted by molar-refractivity contribution is 0.0600. The van der Waals surface area contributed by atoms with Crippen molar-refractivity contribution in [2.24, 2.45) is 0 Å². The molecule has 7 heteroatoms. The Hall–Kier alpha value is -2.73. The van der Waals surface area contributed by atoms with E-state index in [2.05, 4.69) is 10.2 Å². The SMILES string of the molecule is COC(=O)c1ccc(Cl)c(N2CCN(C(=O)Nc3ccccc3)CC2)c1. The fourth-order valence-electron chi connectivity index (χ4n) is 2.87. The molecule has 1 saturated heterocycles. The number of urea groups is 1. The van der Waals surface area contributed by atoms with Crippen LogP contribution in [0.1, 0.15) is 10.4 Å². The maximum absolute atomic E-state index is 12.4. The number of methoxy groups -OCH3 is 1. The van der Waals surface area contributed by atoms with E-state index in [1.807, 2.05) is 30.3 Å². The summed E-state index contributed by atoms with van der Waals surface area (Å²) in [5.41, 5.74) is 2.00. The standard InChI is InChI=1S/C19H20ClN3O3/c1-26-18(24)14-7-8-16(20)17(13-14)22-9-11-23(12-10-22)19(25)21-15-5-3-2-4-6-15/h2-8,13H,9-12H2,1H3,(H,21,25). The molecule has 1 N–H and O–H groups in total. The number of amides is 2. The second-order valence-corrected chi connectivity index (χ2v) is 6.34. The highest BCUT2D eigenvalue weighted by Gasteiger charge is 2.23. The Morgan fingerprint density at radius 1 is 1.04 bits per heavy atom. The van der Waals surface area contributed by atoms with E-state index in [1.165, 1.54) is 7.11 Å². The maximum Gasteiger partial charge on any atom is 0.337 e. The highest BCUT2D eigenvalue weighted by molar-refractivity contribution is 6.33. The van der Waals surface area contributed by atoms with Crippen molar-refractivity contribution < 1.29 is 14.3 Å². The molecule has 1 heterocycles. The second kappa shape index (κ2) is 8.10. The summed E-state index contributed by atoms with van der Waals surface area (Å²) < 4.78 is 4.76. The molecule has 0 unspecified atom stereocenters. The van der Waals surface area contributed by atoms with Crippen molar-refractivity contribution in [3.05, 3.63) is 59.1 Å². The van der Waals surface area contributed by atoms with Crippen LogP contribution in [0.25, 0.3) is 0 Å². The first-order valence-corrected chi connectivity index (χ1v) is 8.70. The number of nitrogens with zero attached hydrogens (tertiary/aromatic N) is 2.